The highest BCUT2D eigenvalue weighted by Gasteiger charge is 2.42. The van der Waals surface area contributed by atoms with Crippen LogP contribution in [-0.2, 0) is 11.2 Å². The van der Waals surface area contributed by atoms with Crippen molar-refractivity contribution in [3.05, 3.63) is 35.4 Å². The van der Waals surface area contributed by atoms with E-state index in [1.807, 2.05) is 19.0 Å². The molecule has 1 fully saturated rings. The lowest BCUT2D eigenvalue weighted by Crippen LogP contribution is -2.49. The quantitative estimate of drug-likeness (QED) is 0.836. The number of nitrogens with zero attached hydrogens (tertiary/aromatic N) is 1. The molecule has 0 heterocycles. The molecule has 0 aliphatic heterocycles. The summed E-state index contributed by atoms with van der Waals surface area (Å²) in [5.41, 5.74) is -0.194. The van der Waals surface area contributed by atoms with Gasteiger partial charge in [0.05, 0.1) is 5.54 Å². The molecule has 0 N–H and O–H groups in total. The van der Waals surface area contributed by atoms with Crippen LogP contribution in [0.4, 0.5) is 8.78 Å². The van der Waals surface area contributed by atoms with Gasteiger partial charge in [-0.3, -0.25) is 9.69 Å². The number of benzene rings is 1. The molecule has 0 bridgehead atoms. The SMILES string of the molecule is CN(C)C1(C(=O)Cc2ccc(F)cc2F)CCCC1. The molecule has 4 heteroatoms. The summed E-state index contributed by atoms with van der Waals surface area (Å²) in [6.07, 6.45) is 3.72. The van der Waals surface area contributed by atoms with Crippen molar-refractivity contribution in [2.75, 3.05) is 14.1 Å². The van der Waals surface area contributed by atoms with Crippen LogP contribution in [0.15, 0.2) is 18.2 Å². The third kappa shape index (κ3) is 2.68. The number of carbonyl (C=O) groups excluding carboxylic acids is 1. The Bertz CT molecular complexity index is 479. The molecule has 0 atom stereocenters. The highest BCUT2D eigenvalue weighted by molar-refractivity contribution is 5.90. The van der Waals surface area contributed by atoms with Gasteiger partial charge in [-0.25, -0.2) is 8.78 Å². The van der Waals surface area contributed by atoms with Crippen molar-refractivity contribution >= 4 is 5.78 Å². The minimum absolute atomic E-state index is 0.0282. The molecule has 2 rings (SSSR count). The van der Waals surface area contributed by atoms with E-state index in [1.165, 1.54) is 12.1 Å². The zero-order valence-corrected chi connectivity index (χ0v) is 11.4. The predicted octanol–water partition coefficient (Wildman–Crippen LogP) is 2.95. The molecular weight excluding hydrogens is 248 g/mol. The van der Waals surface area contributed by atoms with Gasteiger partial charge >= 0.3 is 0 Å². The summed E-state index contributed by atoms with van der Waals surface area (Å²) in [7, 11) is 3.79. The van der Waals surface area contributed by atoms with E-state index < -0.39 is 17.2 Å². The van der Waals surface area contributed by atoms with Gasteiger partial charge in [-0.15, -0.1) is 0 Å². The van der Waals surface area contributed by atoms with Crippen LogP contribution in [0.1, 0.15) is 31.2 Å². The Hall–Kier alpha value is -1.29. The summed E-state index contributed by atoms with van der Waals surface area (Å²) < 4.78 is 26.5. The molecule has 104 valence electrons. The Kier molecular flexibility index (Phi) is 3.99. The summed E-state index contributed by atoms with van der Waals surface area (Å²) >= 11 is 0. The molecular formula is C15H19F2NO. The molecule has 1 aliphatic carbocycles. The van der Waals surface area contributed by atoms with Crippen molar-refractivity contribution in [3.8, 4) is 0 Å². The van der Waals surface area contributed by atoms with Crippen molar-refractivity contribution in [2.45, 2.75) is 37.6 Å². The normalized spacial score (nSPS) is 17.9. The largest absolute Gasteiger partial charge is 0.297 e. The molecule has 0 radical (unpaired) electrons. The summed E-state index contributed by atoms with van der Waals surface area (Å²) in [6, 6.07) is 3.39. The van der Waals surface area contributed by atoms with Crippen LogP contribution in [0.25, 0.3) is 0 Å². The summed E-state index contributed by atoms with van der Waals surface area (Å²) in [6.45, 7) is 0. The Morgan fingerprint density at radius 3 is 2.42 bits per heavy atom. The van der Waals surface area contributed by atoms with Gasteiger partial charge in [0.25, 0.3) is 0 Å². The summed E-state index contributed by atoms with van der Waals surface area (Å²) in [5, 5.41) is 0. The maximum Gasteiger partial charge on any atom is 0.157 e. The van der Waals surface area contributed by atoms with E-state index >= 15 is 0 Å². The van der Waals surface area contributed by atoms with Gasteiger partial charge in [0.15, 0.2) is 5.78 Å². The smallest absolute Gasteiger partial charge is 0.157 e. The second-order valence-corrected chi connectivity index (χ2v) is 5.47. The van der Waals surface area contributed by atoms with Crippen LogP contribution < -0.4 is 0 Å². The molecule has 0 unspecified atom stereocenters. The average Bonchev–Trinajstić information content (AvgIpc) is 2.83. The Morgan fingerprint density at radius 1 is 1.26 bits per heavy atom. The van der Waals surface area contributed by atoms with E-state index in [9.17, 15) is 13.6 Å². The molecule has 1 saturated carbocycles. The van der Waals surface area contributed by atoms with Gasteiger partial charge in [-0.05, 0) is 38.6 Å². The fraction of sp³-hybridized carbons (Fsp3) is 0.533. The van der Waals surface area contributed by atoms with Crippen LogP contribution in [0, 0.1) is 11.6 Å². The van der Waals surface area contributed by atoms with E-state index in [-0.39, 0.29) is 17.8 Å². The molecule has 19 heavy (non-hydrogen) atoms. The van der Waals surface area contributed by atoms with Gasteiger partial charge in [-0.1, -0.05) is 18.9 Å². The van der Waals surface area contributed by atoms with Crippen LogP contribution in [-0.4, -0.2) is 30.3 Å². The first kappa shape index (κ1) is 14.1. The predicted molar refractivity (Wildman–Crippen MR) is 70.0 cm³/mol. The third-order valence-corrected chi connectivity index (χ3v) is 4.17. The number of hydrogen-bond donors (Lipinski definition) is 0. The molecule has 1 aromatic carbocycles. The Labute approximate surface area is 112 Å². The maximum atomic E-state index is 13.6. The summed E-state index contributed by atoms with van der Waals surface area (Å²) in [5.74, 6) is -1.22. The standard InChI is InChI=1S/C15H19F2NO/c1-18(2)15(7-3-4-8-15)14(19)9-11-5-6-12(16)10-13(11)17/h5-6,10H,3-4,7-9H2,1-2H3. The van der Waals surface area contributed by atoms with Crippen molar-refractivity contribution in [1.29, 1.82) is 0 Å². The lowest BCUT2D eigenvalue weighted by atomic mass is 9.87. The number of hydrogen-bond acceptors (Lipinski definition) is 2. The number of Topliss-reactive ketones (excluding diaryl/α,β-unsaturated/α-hetero) is 1. The number of ketones is 1. The average molecular weight is 267 g/mol. The number of likely N-dealkylation sites (N-methyl/N-ethyl adjacent to an activating group) is 1. The van der Waals surface area contributed by atoms with Gasteiger partial charge in [0, 0.05) is 12.5 Å². The number of halogens is 2. The highest BCUT2D eigenvalue weighted by atomic mass is 19.1. The monoisotopic (exact) mass is 267 g/mol. The Morgan fingerprint density at radius 2 is 1.89 bits per heavy atom. The van der Waals surface area contributed by atoms with E-state index in [1.54, 1.807) is 0 Å². The summed E-state index contributed by atoms with van der Waals surface area (Å²) in [4.78, 5) is 14.5. The fourth-order valence-electron chi connectivity index (χ4n) is 2.94. The van der Waals surface area contributed by atoms with Crippen LogP contribution in [0.5, 0.6) is 0 Å². The van der Waals surface area contributed by atoms with Crippen molar-refractivity contribution in [1.82, 2.24) is 4.90 Å². The minimum atomic E-state index is -0.639. The van der Waals surface area contributed by atoms with Gasteiger partial charge in [-0.2, -0.15) is 0 Å². The maximum absolute atomic E-state index is 13.6. The fourth-order valence-corrected chi connectivity index (χ4v) is 2.94. The lowest BCUT2D eigenvalue weighted by molar-refractivity contribution is -0.128. The van der Waals surface area contributed by atoms with Crippen molar-refractivity contribution in [3.63, 3.8) is 0 Å². The van der Waals surface area contributed by atoms with Gasteiger partial charge in [0.1, 0.15) is 11.6 Å². The zero-order valence-electron chi connectivity index (χ0n) is 11.4. The lowest BCUT2D eigenvalue weighted by Gasteiger charge is -2.34. The first-order valence-corrected chi connectivity index (χ1v) is 6.60. The number of rotatable bonds is 4. The van der Waals surface area contributed by atoms with Crippen molar-refractivity contribution < 1.29 is 13.6 Å². The first-order chi connectivity index (χ1) is 8.95. The van der Waals surface area contributed by atoms with Gasteiger partial charge in [0.2, 0.25) is 0 Å². The second kappa shape index (κ2) is 5.37. The zero-order chi connectivity index (χ0) is 14.0. The second-order valence-electron chi connectivity index (χ2n) is 5.47. The molecule has 0 spiro atoms. The highest BCUT2D eigenvalue weighted by Crippen LogP contribution is 2.35. The van der Waals surface area contributed by atoms with Crippen molar-refractivity contribution in [2.24, 2.45) is 0 Å². The van der Waals surface area contributed by atoms with E-state index in [2.05, 4.69) is 0 Å². The minimum Gasteiger partial charge on any atom is -0.297 e. The molecule has 2 nitrogen and oxygen atoms in total. The van der Waals surface area contributed by atoms with Crippen LogP contribution in [0.2, 0.25) is 0 Å². The molecule has 0 amide bonds. The van der Waals surface area contributed by atoms with E-state index in [0.717, 1.165) is 31.7 Å². The first-order valence-electron chi connectivity index (χ1n) is 6.60. The molecule has 0 aromatic heterocycles. The van der Waals surface area contributed by atoms with E-state index in [4.69, 9.17) is 0 Å². The molecule has 0 saturated heterocycles. The number of carbonyl (C=O) groups is 1. The van der Waals surface area contributed by atoms with Gasteiger partial charge < -0.3 is 0 Å². The Balaban J connectivity index is 2.20. The third-order valence-electron chi connectivity index (χ3n) is 4.17. The topological polar surface area (TPSA) is 20.3 Å². The van der Waals surface area contributed by atoms with E-state index in [0.29, 0.717) is 0 Å². The molecule has 1 aliphatic rings. The van der Waals surface area contributed by atoms with Crippen LogP contribution in [0.3, 0.4) is 0 Å². The van der Waals surface area contributed by atoms with Crippen LogP contribution >= 0.6 is 0 Å². The molecule has 1 aromatic rings.